The van der Waals surface area contributed by atoms with Crippen LogP contribution in [0.25, 0.3) is 16.6 Å². The van der Waals surface area contributed by atoms with Crippen LogP contribution in [0, 0.1) is 0 Å². The molecule has 2 aromatic rings. The summed E-state index contributed by atoms with van der Waals surface area (Å²) >= 11 is 0. The van der Waals surface area contributed by atoms with Gasteiger partial charge in [0.05, 0.1) is 19.8 Å². The molecule has 0 spiro atoms. The molecule has 2 heterocycles. The lowest BCUT2D eigenvalue weighted by atomic mass is 10.1. The molecule has 5 nitrogen and oxygen atoms in total. The predicted octanol–water partition coefficient (Wildman–Crippen LogP) is -0.102. The average Bonchev–Trinajstić information content (AvgIpc) is 2.69. The van der Waals surface area contributed by atoms with Crippen LogP contribution in [-0.4, -0.2) is 53.3 Å². The summed E-state index contributed by atoms with van der Waals surface area (Å²) in [7, 11) is 10.8. The second-order valence-electron chi connectivity index (χ2n) is 4.95. The highest BCUT2D eigenvalue weighted by Crippen LogP contribution is 2.22. The van der Waals surface area contributed by atoms with Gasteiger partial charge in [-0.2, -0.15) is 0 Å². The predicted molar refractivity (Wildman–Crippen MR) is 81.6 cm³/mol. The van der Waals surface area contributed by atoms with Crippen molar-refractivity contribution in [1.29, 1.82) is 0 Å². The van der Waals surface area contributed by atoms with Crippen molar-refractivity contribution in [2.24, 2.45) is 0 Å². The van der Waals surface area contributed by atoms with Gasteiger partial charge in [0.25, 0.3) is 0 Å². The van der Waals surface area contributed by atoms with Gasteiger partial charge in [-0.25, -0.2) is 14.5 Å². The Morgan fingerprint density at radius 1 is 1.37 bits per heavy atom. The molecule has 0 saturated heterocycles. The van der Waals surface area contributed by atoms with Crippen LogP contribution in [0.4, 0.5) is 0 Å². The fourth-order valence-electron chi connectivity index (χ4n) is 1.96. The third-order valence-corrected chi connectivity index (χ3v) is 3.04. The van der Waals surface area contributed by atoms with Gasteiger partial charge >= 0.3 is 0 Å². The normalized spacial score (nSPS) is 12.2. The van der Waals surface area contributed by atoms with Crippen molar-refractivity contribution in [3.63, 3.8) is 0 Å². The van der Waals surface area contributed by atoms with Gasteiger partial charge < -0.3 is 9.24 Å². The number of hydrogen-bond acceptors (Lipinski definition) is 2. The Labute approximate surface area is 115 Å². The van der Waals surface area contributed by atoms with E-state index in [1.54, 1.807) is 6.33 Å². The molecule has 0 amide bonds. The lowest BCUT2D eigenvalue weighted by Crippen LogP contribution is -3.00. The van der Waals surface area contributed by atoms with Crippen molar-refractivity contribution in [1.82, 2.24) is 14.3 Å². The Kier molecular flexibility index (Phi) is 4.08. The van der Waals surface area contributed by atoms with E-state index in [1.165, 1.54) is 4.90 Å². The number of fused-ring (bicyclic) bond motifs is 1. The molecule has 2 aromatic heterocycles. The van der Waals surface area contributed by atoms with Crippen LogP contribution in [0.3, 0.4) is 0 Å². The summed E-state index contributed by atoms with van der Waals surface area (Å²) in [6.07, 6.45) is 7.81. The second kappa shape index (κ2) is 5.59. The van der Waals surface area contributed by atoms with Crippen molar-refractivity contribution >= 4 is 32.2 Å². The lowest BCUT2D eigenvalue weighted by molar-refractivity contribution is -0.800. The van der Waals surface area contributed by atoms with Crippen LogP contribution in [0.5, 0.6) is 0 Å². The molecule has 0 aliphatic rings. The SMILES string of the molecule is C[N+](C)=C/C(=C/[NH+](C)C)c1ncnc2c1ccn2P. The lowest BCUT2D eigenvalue weighted by Gasteiger charge is -2.04. The van der Waals surface area contributed by atoms with Crippen LogP contribution in [0.15, 0.2) is 24.8 Å². The fourth-order valence-corrected chi connectivity index (χ4v) is 2.25. The van der Waals surface area contributed by atoms with E-state index in [1.807, 2.05) is 35.3 Å². The van der Waals surface area contributed by atoms with E-state index >= 15 is 0 Å². The van der Waals surface area contributed by atoms with Gasteiger partial charge in [0.1, 0.15) is 37.8 Å². The summed E-state index contributed by atoms with van der Waals surface area (Å²) < 4.78 is 3.96. The summed E-state index contributed by atoms with van der Waals surface area (Å²) in [6, 6.07) is 2.04. The Bertz CT molecular complexity index is 650. The number of allylic oxidation sites excluding steroid dienone is 1. The first-order valence-electron chi connectivity index (χ1n) is 6.09. The minimum Gasteiger partial charge on any atom is -0.317 e. The summed E-state index contributed by atoms with van der Waals surface area (Å²) in [6.45, 7) is 0. The number of nitrogens with zero attached hydrogens (tertiary/aromatic N) is 4. The maximum atomic E-state index is 4.45. The fraction of sp³-hybridized carbons (Fsp3) is 0.308. The van der Waals surface area contributed by atoms with Crippen molar-refractivity contribution < 1.29 is 9.48 Å². The standard InChI is InChI=1S/C13H19N5P/c1-16(2)7-10(8-17(3)4)12-11-5-6-18(19)13(11)15-9-14-12/h5-9H,19H2,1-4H3/q+1/p+1. The largest absolute Gasteiger partial charge is 0.317 e. The molecular formula is C13H20N5P+2. The van der Waals surface area contributed by atoms with Gasteiger partial charge in [-0.3, -0.25) is 0 Å². The molecule has 1 N–H and O–H groups in total. The Hall–Kier alpha value is -1.58. The van der Waals surface area contributed by atoms with E-state index in [2.05, 4.69) is 45.9 Å². The summed E-state index contributed by atoms with van der Waals surface area (Å²) in [5.41, 5.74) is 2.97. The van der Waals surface area contributed by atoms with E-state index in [0.29, 0.717) is 0 Å². The van der Waals surface area contributed by atoms with E-state index in [-0.39, 0.29) is 0 Å². The highest BCUT2D eigenvalue weighted by molar-refractivity contribution is 7.14. The molecular weight excluding hydrogens is 257 g/mol. The maximum absolute atomic E-state index is 4.45. The summed E-state index contributed by atoms with van der Waals surface area (Å²) in [4.78, 5) is 10.0. The van der Waals surface area contributed by atoms with Crippen molar-refractivity contribution in [3.8, 4) is 0 Å². The van der Waals surface area contributed by atoms with Crippen LogP contribution >= 0.6 is 9.39 Å². The topological polar surface area (TPSA) is 38.2 Å². The number of rotatable bonds is 3. The molecule has 0 aromatic carbocycles. The highest BCUT2D eigenvalue weighted by Gasteiger charge is 2.14. The molecule has 100 valence electrons. The van der Waals surface area contributed by atoms with Gasteiger partial charge in [0.15, 0.2) is 6.21 Å². The third kappa shape index (κ3) is 3.06. The molecule has 0 radical (unpaired) electrons. The third-order valence-electron chi connectivity index (χ3n) is 2.62. The number of nitrogens with one attached hydrogen (secondary N) is 1. The van der Waals surface area contributed by atoms with Gasteiger partial charge in [-0.15, -0.1) is 0 Å². The maximum Gasteiger partial charge on any atom is 0.177 e. The molecule has 2 rings (SSSR count). The van der Waals surface area contributed by atoms with Crippen molar-refractivity contribution in [3.05, 3.63) is 30.5 Å². The monoisotopic (exact) mass is 277 g/mol. The molecule has 1 atom stereocenters. The highest BCUT2D eigenvalue weighted by atomic mass is 31.0. The number of quaternary nitrogens is 1. The van der Waals surface area contributed by atoms with Crippen LogP contribution < -0.4 is 4.90 Å². The van der Waals surface area contributed by atoms with Gasteiger partial charge in [0, 0.05) is 11.6 Å². The number of aromatic nitrogens is 3. The Balaban J connectivity index is 2.66. The minimum absolute atomic E-state index is 0.918. The number of hydrogen-bond donors (Lipinski definition) is 1. The zero-order chi connectivity index (χ0) is 14.0. The van der Waals surface area contributed by atoms with Crippen LogP contribution in [0.1, 0.15) is 5.69 Å². The van der Waals surface area contributed by atoms with E-state index < -0.39 is 0 Å². The first-order chi connectivity index (χ1) is 8.99. The van der Waals surface area contributed by atoms with Gasteiger partial charge in [-0.1, -0.05) is 0 Å². The summed E-state index contributed by atoms with van der Waals surface area (Å²) in [5, 5.41) is 1.06. The molecule has 0 aliphatic carbocycles. The average molecular weight is 277 g/mol. The van der Waals surface area contributed by atoms with E-state index in [9.17, 15) is 0 Å². The van der Waals surface area contributed by atoms with E-state index in [0.717, 1.165) is 22.3 Å². The molecule has 0 bridgehead atoms. The molecule has 0 fully saturated rings. The molecule has 0 aliphatic heterocycles. The zero-order valence-corrected chi connectivity index (χ0v) is 12.9. The zero-order valence-electron chi connectivity index (χ0n) is 11.8. The molecule has 0 saturated carbocycles. The Morgan fingerprint density at radius 3 is 2.74 bits per heavy atom. The summed E-state index contributed by atoms with van der Waals surface area (Å²) in [5.74, 6) is 0. The first-order valence-corrected chi connectivity index (χ1v) is 6.61. The molecule has 19 heavy (non-hydrogen) atoms. The molecule has 6 heteroatoms. The molecule has 1 unspecified atom stereocenters. The van der Waals surface area contributed by atoms with Crippen LogP contribution in [-0.2, 0) is 0 Å². The van der Waals surface area contributed by atoms with Crippen molar-refractivity contribution in [2.75, 3.05) is 28.2 Å². The van der Waals surface area contributed by atoms with E-state index in [4.69, 9.17) is 0 Å². The van der Waals surface area contributed by atoms with Crippen molar-refractivity contribution in [2.45, 2.75) is 0 Å². The quantitative estimate of drug-likeness (QED) is 0.483. The van der Waals surface area contributed by atoms with Gasteiger partial charge in [-0.05, 0) is 15.5 Å². The second-order valence-corrected chi connectivity index (χ2v) is 5.51. The first kappa shape index (κ1) is 13.8. The smallest absolute Gasteiger partial charge is 0.177 e. The van der Waals surface area contributed by atoms with Gasteiger partial charge in [0.2, 0.25) is 0 Å². The minimum atomic E-state index is 0.918. The van der Waals surface area contributed by atoms with Crippen LogP contribution in [0.2, 0.25) is 0 Å². The Morgan fingerprint density at radius 2 is 2.11 bits per heavy atom.